The van der Waals surface area contributed by atoms with E-state index in [1.54, 1.807) is 0 Å². The number of aliphatic carboxylic acids is 1. The van der Waals surface area contributed by atoms with E-state index in [1.807, 2.05) is 4.90 Å². The average molecular weight is 171 g/mol. The summed E-state index contributed by atoms with van der Waals surface area (Å²) in [6.45, 7) is 6.46. The lowest BCUT2D eigenvalue weighted by Gasteiger charge is -2.33. The highest BCUT2D eigenvalue weighted by molar-refractivity contribution is 5.69. The number of hydrogen-bond acceptors (Lipinski definition) is 2. The number of piperidine rings is 1. The molecule has 0 aromatic carbocycles. The van der Waals surface area contributed by atoms with Crippen LogP contribution in [0.25, 0.3) is 0 Å². The SMILES string of the molecule is CC1CC(C)CN(CC(=O)O)C1. The van der Waals surface area contributed by atoms with E-state index >= 15 is 0 Å². The van der Waals surface area contributed by atoms with Crippen LogP contribution >= 0.6 is 0 Å². The van der Waals surface area contributed by atoms with Gasteiger partial charge < -0.3 is 5.11 Å². The highest BCUT2D eigenvalue weighted by atomic mass is 16.4. The Balaban J connectivity index is 2.38. The van der Waals surface area contributed by atoms with Crippen molar-refractivity contribution in [3.63, 3.8) is 0 Å². The summed E-state index contributed by atoms with van der Waals surface area (Å²) in [5.41, 5.74) is 0. The molecule has 0 aliphatic carbocycles. The predicted octanol–water partition coefficient (Wildman–Crippen LogP) is 1.05. The van der Waals surface area contributed by atoms with Crippen LogP contribution in [-0.2, 0) is 4.79 Å². The average Bonchev–Trinajstić information content (AvgIpc) is 1.81. The van der Waals surface area contributed by atoms with E-state index in [0.29, 0.717) is 11.8 Å². The molecule has 0 aromatic heterocycles. The van der Waals surface area contributed by atoms with Crippen LogP contribution in [0.3, 0.4) is 0 Å². The largest absolute Gasteiger partial charge is 0.480 e. The molecule has 2 atom stereocenters. The molecule has 70 valence electrons. The quantitative estimate of drug-likeness (QED) is 0.675. The van der Waals surface area contributed by atoms with E-state index in [0.717, 1.165) is 13.1 Å². The third-order valence-corrected chi connectivity index (χ3v) is 2.30. The monoisotopic (exact) mass is 171 g/mol. The number of carboxylic acid groups (broad SMARTS) is 1. The third-order valence-electron chi connectivity index (χ3n) is 2.30. The Labute approximate surface area is 73.4 Å². The van der Waals surface area contributed by atoms with Crippen LogP contribution in [0.4, 0.5) is 0 Å². The molecule has 1 heterocycles. The molecule has 2 unspecified atom stereocenters. The standard InChI is InChI=1S/C9H17NO2/c1-7-3-8(2)5-10(4-7)6-9(11)12/h7-8H,3-6H2,1-2H3,(H,11,12). The van der Waals surface area contributed by atoms with Crippen LogP contribution in [-0.4, -0.2) is 35.6 Å². The summed E-state index contributed by atoms with van der Waals surface area (Å²) in [4.78, 5) is 12.5. The minimum atomic E-state index is -0.712. The second-order valence-electron chi connectivity index (χ2n) is 4.03. The molecule has 1 fully saturated rings. The zero-order chi connectivity index (χ0) is 9.14. The van der Waals surface area contributed by atoms with Gasteiger partial charge in [-0.25, -0.2) is 0 Å². The molecule has 0 radical (unpaired) electrons. The van der Waals surface area contributed by atoms with Crippen molar-refractivity contribution in [3.8, 4) is 0 Å². The van der Waals surface area contributed by atoms with Crippen molar-refractivity contribution >= 4 is 5.97 Å². The molecule has 12 heavy (non-hydrogen) atoms. The van der Waals surface area contributed by atoms with E-state index in [-0.39, 0.29) is 6.54 Å². The van der Waals surface area contributed by atoms with E-state index in [2.05, 4.69) is 13.8 Å². The third kappa shape index (κ3) is 2.81. The van der Waals surface area contributed by atoms with Crippen molar-refractivity contribution in [3.05, 3.63) is 0 Å². The van der Waals surface area contributed by atoms with Crippen LogP contribution < -0.4 is 0 Å². The lowest BCUT2D eigenvalue weighted by molar-refractivity contribution is -0.138. The molecule has 0 bridgehead atoms. The molecule has 0 amide bonds. The predicted molar refractivity (Wildman–Crippen MR) is 47.0 cm³/mol. The first-order chi connectivity index (χ1) is 5.58. The summed E-state index contributed by atoms with van der Waals surface area (Å²) < 4.78 is 0. The van der Waals surface area contributed by atoms with Gasteiger partial charge in [0.1, 0.15) is 0 Å². The molecule has 3 heteroatoms. The first-order valence-corrected chi connectivity index (χ1v) is 4.52. The van der Waals surface area contributed by atoms with Crippen molar-refractivity contribution in [2.75, 3.05) is 19.6 Å². The maximum absolute atomic E-state index is 10.4. The van der Waals surface area contributed by atoms with Gasteiger partial charge in [-0.05, 0) is 18.3 Å². The maximum Gasteiger partial charge on any atom is 0.317 e. The fraction of sp³-hybridized carbons (Fsp3) is 0.889. The van der Waals surface area contributed by atoms with Gasteiger partial charge in [-0.1, -0.05) is 13.8 Å². The van der Waals surface area contributed by atoms with Crippen LogP contribution in [0.15, 0.2) is 0 Å². The Morgan fingerprint density at radius 3 is 2.33 bits per heavy atom. The minimum Gasteiger partial charge on any atom is -0.480 e. The zero-order valence-corrected chi connectivity index (χ0v) is 7.79. The molecule has 3 nitrogen and oxygen atoms in total. The Hall–Kier alpha value is -0.570. The maximum atomic E-state index is 10.4. The van der Waals surface area contributed by atoms with Crippen LogP contribution in [0.1, 0.15) is 20.3 Å². The van der Waals surface area contributed by atoms with Gasteiger partial charge in [-0.15, -0.1) is 0 Å². The van der Waals surface area contributed by atoms with Gasteiger partial charge in [0.15, 0.2) is 0 Å². The second kappa shape index (κ2) is 3.90. The molecular weight excluding hydrogens is 154 g/mol. The fourth-order valence-electron chi connectivity index (χ4n) is 2.11. The number of nitrogens with zero attached hydrogens (tertiary/aromatic N) is 1. The number of likely N-dealkylation sites (tertiary alicyclic amines) is 1. The lowest BCUT2D eigenvalue weighted by atomic mass is 9.92. The number of rotatable bonds is 2. The number of carbonyl (C=O) groups is 1. The Morgan fingerprint density at radius 2 is 1.92 bits per heavy atom. The van der Waals surface area contributed by atoms with Gasteiger partial charge in [0.2, 0.25) is 0 Å². The van der Waals surface area contributed by atoms with Gasteiger partial charge in [0, 0.05) is 13.1 Å². The fourth-order valence-corrected chi connectivity index (χ4v) is 2.11. The summed E-state index contributed by atoms with van der Waals surface area (Å²) in [5.74, 6) is 0.581. The van der Waals surface area contributed by atoms with E-state index < -0.39 is 5.97 Å². The zero-order valence-electron chi connectivity index (χ0n) is 7.79. The van der Waals surface area contributed by atoms with Gasteiger partial charge >= 0.3 is 5.97 Å². The summed E-state index contributed by atoms with van der Waals surface area (Å²) >= 11 is 0. The molecule has 0 saturated carbocycles. The topological polar surface area (TPSA) is 40.5 Å². The Bertz CT molecular complexity index is 160. The van der Waals surface area contributed by atoms with Gasteiger partial charge in [-0.3, -0.25) is 9.69 Å². The highest BCUT2D eigenvalue weighted by Gasteiger charge is 2.22. The summed E-state index contributed by atoms with van der Waals surface area (Å²) in [6.07, 6.45) is 1.23. The lowest BCUT2D eigenvalue weighted by Crippen LogP contribution is -2.41. The Morgan fingerprint density at radius 1 is 1.42 bits per heavy atom. The molecular formula is C9H17NO2. The van der Waals surface area contributed by atoms with E-state index in [4.69, 9.17) is 5.11 Å². The first-order valence-electron chi connectivity index (χ1n) is 4.52. The van der Waals surface area contributed by atoms with Crippen LogP contribution in [0, 0.1) is 11.8 Å². The van der Waals surface area contributed by atoms with Crippen LogP contribution in [0.5, 0.6) is 0 Å². The van der Waals surface area contributed by atoms with Crippen molar-refractivity contribution in [1.29, 1.82) is 0 Å². The number of carboxylic acids is 1. The molecule has 1 N–H and O–H groups in total. The van der Waals surface area contributed by atoms with Gasteiger partial charge in [-0.2, -0.15) is 0 Å². The summed E-state index contributed by atoms with van der Waals surface area (Å²) in [5, 5.41) is 8.60. The molecule has 1 rings (SSSR count). The van der Waals surface area contributed by atoms with Crippen molar-refractivity contribution < 1.29 is 9.90 Å². The molecule has 1 aliphatic rings. The van der Waals surface area contributed by atoms with E-state index in [1.165, 1.54) is 6.42 Å². The molecule has 1 aliphatic heterocycles. The second-order valence-corrected chi connectivity index (χ2v) is 4.03. The normalized spacial score (nSPS) is 31.8. The van der Waals surface area contributed by atoms with Crippen molar-refractivity contribution in [2.24, 2.45) is 11.8 Å². The highest BCUT2D eigenvalue weighted by Crippen LogP contribution is 2.20. The molecule has 1 saturated heterocycles. The minimum absolute atomic E-state index is 0.203. The summed E-state index contributed by atoms with van der Waals surface area (Å²) in [6, 6.07) is 0. The van der Waals surface area contributed by atoms with Crippen LogP contribution in [0.2, 0.25) is 0 Å². The smallest absolute Gasteiger partial charge is 0.317 e. The molecule has 0 spiro atoms. The van der Waals surface area contributed by atoms with Crippen molar-refractivity contribution in [2.45, 2.75) is 20.3 Å². The van der Waals surface area contributed by atoms with Gasteiger partial charge in [0.25, 0.3) is 0 Å². The van der Waals surface area contributed by atoms with E-state index in [9.17, 15) is 4.79 Å². The van der Waals surface area contributed by atoms with Gasteiger partial charge in [0.05, 0.1) is 6.54 Å². The Kier molecular flexibility index (Phi) is 3.09. The van der Waals surface area contributed by atoms with Crippen molar-refractivity contribution in [1.82, 2.24) is 4.90 Å². The molecule has 0 aromatic rings. The summed E-state index contributed by atoms with van der Waals surface area (Å²) in [7, 11) is 0. The number of hydrogen-bond donors (Lipinski definition) is 1. The first kappa shape index (κ1) is 9.52.